The minimum Gasteiger partial charge on any atom is -0.461 e. The van der Waals surface area contributed by atoms with Crippen LogP contribution in [0.15, 0.2) is 39.6 Å². The van der Waals surface area contributed by atoms with E-state index in [0.717, 1.165) is 37.6 Å². The van der Waals surface area contributed by atoms with Crippen molar-refractivity contribution >= 4 is 0 Å². The van der Waals surface area contributed by atoms with E-state index >= 15 is 0 Å². The Morgan fingerprint density at radius 3 is 3.04 bits per heavy atom. The summed E-state index contributed by atoms with van der Waals surface area (Å²) in [4.78, 5) is 11.7. The van der Waals surface area contributed by atoms with Crippen LogP contribution in [0.2, 0.25) is 0 Å². The molecule has 0 spiro atoms. The normalized spacial score (nSPS) is 17.8. The molecule has 0 radical (unpaired) electrons. The predicted molar refractivity (Wildman–Crippen MR) is 86.0 cm³/mol. The van der Waals surface area contributed by atoms with Gasteiger partial charge in [0.1, 0.15) is 5.82 Å². The summed E-state index contributed by atoms with van der Waals surface area (Å²) in [6.45, 7) is 2.61. The molecule has 3 aromatic heterocycles. The largest absolute Gasteiger partial charge is 0.461 e. The molecule has 0 N–H and O–H groups in total. The maximum absolute atomic E-state index is 5.37. The van der Waals surface area contributed by atoms with Crippen molar-refractivity contribution in [2.75, 3.05) is 6.54 Å². The van der Waals surface area contributed by atoms with Crippen molar-refractivity contribution in [1.82, 2.24) is 20.0 Å². The Hall–Kier alpha value is -2.47. The van der Waals surface area contributed by atoms with Gasteiger partial charge in [0.05, 0.1) is 12.0 Å². The lowest BCUT2D eigenvalue weighted by Crippen LogP contribution is -2.31. The van der Waals surface area contributed by atoms with Gasteiger partial charge < -0.3 is 8.94 Å². The standard InChI is InChI=1S/C18H18N4O2/c1-2-16(23-7-1)17-8-14(21-24-17)11-22-6-5-15-13(10-22)9-19-18(20-15)12-3-4-12/h1-2,7-9,12H,3-6,10-11H2. The molecule has 1 aliphatic carbocycles. The van der Waals surface area contributed by atoms with Gasteiger partial charge in [-0.3, -0.25) is 4.90 Å². The van der Waals surface area contributed by atoms with E-state index in [-0.39, 0.29) is 0 Å². The van der Waals surface area contributed by atoms with Crippen LogP contribution in [0.5, 0.6) is 0 Å². The summed E-state index contributed by atoms with van der Waals surface area (Å²) in [5, 5.41) is 4.16. The van der Waals surface area contributed by atoms with Gasteiger partial charge in [-0.25, -0.2) is 9.97 Å². The SMILES string of the molecule is c1coc(-c2cc(CN3CCc4nc(C5CC5)ncc4C3)no2)c1. The van der Waals surface area contributed by atoms with E-state index in [4.69, 9.17) is 13.9 Å². The molecule has 122 valence electrons. The zero-order valence-electron chi connectivity index (χ0n) is 13.3. The molecule has 3 aromatic rings. The van der Waals surface area contributed by atoms with Crippen LogP contribution in [0.1, 0.15) is 41.5 Å². The predicted octanol–water partition coefficient (Wildman–Crippen LogP) is 3.16. The van der Waals surface area contributed by atoms with Gasteiger partial charge in [0.2, 0.25) is 5.76 Å². The third-order valence-electron chi connectivity index (χ3n) is 4.68. The highest BCUT2D eigenvalue weighted by Crippen LogP contribution is 2.38. The fraction of sp³-hybridized carbons (Fsp3) is 0.389. The van der Waals surface area contributed by atoms with Crippen LogP contribution in [-0.2, 0) is 19.5 Å². The number of aromatic nitrogens is 3. The summed E-state index contributed by atoms with van der Waals surface area (Å²) in [7, 11) is 0. The lowest BCUT2D eigenvalue weighted by molar-refractivity contribution is 0.235. The molecule has 0 unspecified atom stereocenters. The van der Waals surface area contributed by atoms with E-state index in [0.29, 0.717) is 17.4 Å². The van der Waals surface area contributed by atoms with Gasteiger partial charge in [-0.15, -0.1) is 0 Å². The third kappa shape index (κ3) is 2.63. The molecule has 24 heavy (non-hydrogen) atoms. The van der Waals surface area contributed by atoms with Crippen LogP contribution in [0.25, 0.3) is 11.5 Å². The second-order valence-corrected chi connectivity index (χ2v) is 6.59. The van der Waals surface area contributed by atoms with Gasteiger partial charge in [-0.05, 0) is 25.0 Å². The number of nitrogens with zero attached hydrogens (tertiary/aromatic N) is 4. The lowest BCUT2D eigenvalue weighted by Gasteiger charge is -2.27. The summed E-state index contributed by atoms with van der Waals surface area (Å²) >= 11 is 0. The van der Waals surface area contributed by atoms with Crippen LogP contribution in [0, 0.1) is 0 Å². The lowest BCUT2D eigenvalue weighted by atomic mass is 10.1. The third-order valence-corrected chi connectivity index (χ3v) is 4.68. The molecule has 6 nitrogen and oxygen atoms in total. The van der Waals surface area contributed by atoms with Gasteiger partial charge in [0.15, 0.2) is 5.76 Å². The van der Waals surface area contributed by atoms with Crippen LogP contribution in [0.3, 0.4) is 0 Å². The number of fused-ring (bicyclic) bond motifs is 1. The zero-order valence-corrected chi connectivity index (χ0v) is 13.3. The van der Waals surface area contributed by atoms with Crippen molar-refractivity contribution in [3.8, 4) is 11.5 Å². The molecule has 2 aliphatic rings. The summed E-state index contributed by atoms with van der Waals surface area (Å²) in [5.41, 5.74) is 3.38. The Morgan fingerprint density at radius 1 is 1.25 bits per heavy atom. The Kier molecular flexibility index (Phi) is 3.23. The summed E-state index contributed by atoms with van der Waals surface area (Å²) in [6.07, 6.45) is 7.11. The summed E-state index contributed by atoms with van der Waals surface area (Å²) in [6, 6.07) is 5.66. The molecule has 6 heteroatoms. The summed E-state index contributed by atoms with van der Waals surface area (Å²) in [5.74, 6) is 3.04. The van der Waals surface area contributed by atoms with Gasteiger partial charge >= 0.3 is 0 Å². The monoisotopic (exact) mass is 322 g/mol. The van der Waals surface area contributed by atoms with E-state index in [1.165, 1.54) is 24.1 Å². The van der Waals surface area contributed by atoms with Crippen molar-refractivity contribution in [2.45, 2.75) is 38.3 Å². The second-order valence-electron chi connectivity index (χ2n) is 6.59. The van der Waals surface area contributed by atoms with E-state index in [1.54, 1.807) is 6.26 Å². The first-order valence-electron chi connectivity index (χ1n) is 8.42. The molecular weight excluding hydrogens is 304 g/mol. The first-order chi connectivity index (χ1) is 11.8. The van der Waals surface area contributed by atoms with Gasteiger partial charge in [-0.2, -0.15) is 0 Å². The maximum Gasteiger partial charge on any atom is 0.202 e. The molecule has 1 fully saturated rings. The average Bonchev–Trinajstić information content (AvgIpc) is 3.11. The highest BCUT2D eigenvalue weighted by Gasteiger charge is 2.28. The second kappa shape index (κ2) is 5.56. The molecule has 4 heterocycles. The molecule has 5 rings (SSSR count). The van der Waals surface area contributed by atoms with Gasteiger partial charge in [0.25, 0.3) is 0 Å². The van der Waals surface area contributed by atoms with E-state index in [1.807, 2.05) is 24.4 Å². The Morgan fingerprint density at radius 2 is 2.21 bits per heavy atom. The Bertz CT molecular complexity index is 852. The van der Waals surface area contributed by atoms with Gasteiger partial charge in [-0.1, -0.05) is 5.16 Å². The topological polar surface area (TPSA) is 68.2 Å². The Labute approximate surface area is 139 Å². The van der Waals surface area contributed by atoms with Crippen LogP contribution in [0.4, 0.5) is 0 Å². The minimum atomic E-state index is 0.614. The first kappa shape index (κ1) is 13.9. The van der Waals surface area contributed by atoms with Crippen LogP contribution >= 0.6 is 0 Å². The zero-order chi connectivity index (χ0) is 15.9. The highest BCUT2D eigenvalue weighted by molar-refractivity contribution is 5.49. The minimum absolute atomic E-state index is 0.614. The fourth-order valence-corrected chi connectivity index (χ4v) is 3.21. The molecule has 0 aromatic carbocycles. The fourth-order valence-electron chi connectivity index (χ4n) is 3.21. The highest BCUT2D eigenvalue weighted by atomic mass is 16.5. The molecule has 0 saturated heterocycles. The molecule has 0 atom stereocenters. The molecule has 0 bridgehead atoms. The number of hydrogen-bond donors (Lipinski definition) is 0. The Balaban J connectivity index is 1.29. The van der Waals surface area contributed by atoms with Crippen molar-refractivity contribution in [3.63, 3.8) is 0 Å². The number of rotatable bonds is 4. The van der Waals surface area contributed by atoms with Crippen LogP contribution < -0.4 is 0 Å². The quantitative estimate of drug-likeness (QED) is 0.735. The molecule has 0 amide bonds. The number of hydrogen-bond acceptors (Lipinski definition) is 6. The van der Waals surface area contributed by atoms with Crippen molar-refractivity contribution in [2.24, 2.45) is 0 Å². The molecule has 1 saturated carbocycles. The molecular formula is C18H18N4O2. The van der Waals surface area contributed by atoms with Gasteiger partial charge in [0, 0.05) is 55.5 Å². The van der Waals surface area contributed by atoms with Crippen molar-refractivity contribution in [3.05, 3.63) is 53.4 Å². The van der Waals surface area contributed by atoms with E-state index in [2.05, 4.69) is 15.0 Å². The first-order valence-corrected chi connectivity index (χ1v) is 8.42. The smallest absolute Gasteiger partial charge is 0.202 e. The van der Waals surface area contributed by atoms with Crippen LogP contribution in [-0.4, -0.2) is 26.6 Å². The number of furan rings is 1. The summed E-state index contributed by atoms with van der Waals surface area (Å²) < 4.78 is 10.7. The van der Waals surface area contributed by atoms with E-state index < -0.39 is 0 Å². The average molecular weight is 322 g/mol. The van der Waals surface area contributed by atoms with E-state index in [9.17, 15) is 0 Å². The molecule has 1 aliphatic heterocycles. The maximum atomic E-state index is 5.37. The van der Waals surface area contributed by atoms with Crippen molar-refractivity contribution < 1.29 is 8.94 Å². The van der Waals surface area contributed by atoms with Crippen molar-refractivity contribution in [1.29, 1.82) is 0 Å².